The Morgan fingerprint density at radius 2 is 1.82 bits per heavy atom. The Labute approximate surface area is 162 Å². The summed E-state index contributed by atoms with van der Waals surface area (Å²) in [6, 6.07) is 4.38. The highest BCUT2D eigenvalue weighted by Gasteiger charge is 2.47. The van der Waals surface area contributed by atoms with Gasteiger partial charge in [0.25, 0.3) is 0 Å². The zero-order valence-electron chi connectivity index (χ0n) is 15.4. The van der Waals surface area contributed by atoms with Crippen LogP contribution in [0, 0.1) is 0 Å². The minimum absolute atomic E-state index is 0.0148. The van der Waals surface area contributed by atoms with Crippen LogP contribution in [0.3, 0.4) is 0 Å². The summed E-state index contributed by atoms with van der Waals surface area (Å²) in [5.41, 5.74) is 0. The van der Waals surface area contributed by atoms with Crippen LogP contribution < -0.4 is 10.1 Å². The highest BCUT2D eigenvalue weighted by atomic mass is 32.2. The zero-order valence-corrected chi connectivity index (χ0v) is 16.2. The molecule has 3 atom stereocenters. The van der Waals surface area contributed by atoms with Gasteiger partial charge in [0.05, 0.1) is 17.4 Å². The number of nitrogens with zero attached hydrogens (tertiary/aromatic N) is 1. The minimum atomic E-state index is -3.78. The maximum Gasteiger partial charge on any atom is 0.387 e. The van der Waals surface area contributed by atoms with Gasteiger partial charge in [0.2, 0.25) is 15.9 Å². The van der Waals surface area contributed by atoms with E-state index in [0.29, 0.717) is 25.7 Å². The van der Waals surface area contributed by atoms with E-state index >= 15 is 0 Å². The molecule has 2 N–H and O–H groups in total. The van der Waals surface area contributed by atoms with Crippen molar-refractivity contribution in [3.63, 3.8) is 0 Å². The van der Waals surface area contributed by atoms with Gasteiger partial charge in [-0.25, -0.2) is 8.42 Å². The third-order valence-electron chi connectivity index (χ3n) is 5.14. The zero-order chi connectivity index (χ0) is 20.5. The summed E-state index contributed by atoms with van der Waals surface area (Å²) in [6.07, 6.45) is 1.72. The van der Waals surface area contributed by atoms with Gasteiger partial charge in [-0.2, -0.15) is 13.1 Å². The number of nitrogens with one attached hydrogen (secondary N) is 1. The van der Waals surface area contributed by atoms with Crippen LogP contribution in [-0.2, 0) is 14.8 Å². The molecule has 1 amide bonds. The van der Waals surface area contributed by atoms with Gasteiger partial charge in [-0.15, -0.1) is 0 Å². The molecule has 1 aromatic carbocycles. The Hall–Kier alpha value is -1.78. The predicted octanol–water partition coefficient (Wildman–Crippen LogP) is 1.86. The predicted molar refractivity (Wildman–Crippen MR) is 96.4 cm³/mol. The minimum Gasteiger partial charge on any atom is -0.435 e. The monoisotopic (exact) mass is 418 g/mol. The van der Waals surface area contributed by atoms with Crippen LogP contribution >= 0.6 is 0 Å². The summed E-state index contributed by atoms with van der Waals surface area (Å²) in [5.74, 6) is -0.346. The molecule has 2 fully saturated rings. The number of aliphatic hydroxyl groups excluding tert-OH is 1. The molecule has 2 aliphatic rings. The smallest absolute Gasteiger partial charge is 0.387 e. The Bertz CT molecular complexity index is 787. The number of rotatable bonds is 7. The lowest BCUT2D eigenvalue weighted by atomic mass is 9.99. The van der Waals surface area contributed by atoms with Crippen LogP contribution in [0.1, 0.15) is 39.0 Å². The molecule has 3 unspecified atom stereocenters. The van der Waals surface area contributed by atoms with Crippen LogP contribution in [0.2, 0.25) is 0 Å². The first-order valence-electron chi connectivity index (χ1n) is 9.22. The lowest BCUT2D eigenvalue weighted by Gasteiger charge is -2.38. The lowest BCUT2D eigenvalue weighted by molar-refractivity contribution is -0.123. The van der Waals surface area contributed by atoms with Crippen LogP contribution in [-0.4, -0.2) is 54.6 Å². The maximum atomic E-state index is 13.1. The van der Waals surface area contributed by atoms with Crippen molar-refractivity contribution in [2.75, 3.05) is 0 Å². The van der Waals surface area contributed by atoms with Gasteiger partial charge >= 0.3 is 6.61 Å². The van der Waals surface area contributed by atoms with E-state index in [2.05, 4.69) is 10.1 Å². The van der Waals surface area contributed by atoms with Gasteiger partial charge in [0, 0.05) is 18.1 Å². The summed E-state index contributed by atoms with van der Waals surface area (Å²) in [6.45, 7) is -1.43. The van der Waals surface area contributed by atoms with Gasteiger partial charge in [-0.3, -0.25) is 4.79 Å². The number of halogens is 2. The molecule has 3 rings (SSSR count). The molecule has 2 aliphatic heterocycles. The van der Waals surface area contributed by atoms with Crippen molar-refractivity contribution < 1.29 is 31.8 Å². The average Bonchev–Trinajstić information content (AvgIpc) is 2.86. The standard InChI is InChI=1S/C18H24F2N2O5S/c1-11(23)8-17(24)21-12-9-13-2-3-14(10-12)22(13)28(25,26)16-6-4-15(5-7-16)27-18(19)20/h4-7,11-14,18,23H,2-3,8-10H2,1H3,(H,21,24). The van der Waals surface area contributed by atoms with Crippen molar-refractivity contribution in [3.05, 3.63) is 24.3 Å². The van der Waals surface area contributed by atoms with E-state index in [-0.39, 0.29) is 41.1 Å². The molecule has 0 spiro atoms. The molecule has 0 aromatic heterocycles. The van der Waals surface area contributed by atoms with Crippen molar-refractivity contribution in [1.29, 1.82) is 0 Å². The number of carbonyl (C=O) groups is 1. The number of aliphatic hydroxyl groups is 1. The SMILES string of the molecule is CC(O)CC(=O)NC1CC2CCC(C1)N2S(=O)(=O)c1ccc(OC(F)F)cc1. The second-order valence-corrected chi connectivity index (χ2v) is 9.20. The first-order chi connectivity index (χ1) is 13.2. The number of fused-ring (bicyclic) bond motifs is 2. The fraction of sp³-hybridized carbons (Fsp3) is 0.611. The molecule has 156 valence electrons. The molecule has 28 heavy (non-hydrogen) atoms. The highest BCUT2D eigenvalue weighted by molar-refractivity contribution is 7.89. The number of benzene rings is 1. The van der Waals surface area contributed by atoms with Crippen molar-refractivity contribution in [3.8, 4) is 5.75 Å². The quantitative estimate of drug-likeness (QED) is 0.705. The van der Waals surface area contributed by atoms with E-state index in [0.717, 1.165) is 0 Å². The van der Waals surface area contributed by atoms with Gasteiger partial charge in [-0.1, -0.05) is 0 Å². The molecule has 0 saturated carbocycles. The van der Waals surface area contributed by atoms with E-state index in [9.17, 15) is 27.1 Å². The molecule has 2 bridgehead atoms. The van der Waals surface area contributed by atoms with E-state index in [1.165, 1.54) is 35.5 Å². The second-order valence-electron chi connectivity index (χ2n) is 7.36. The first kappa shape index (κ1) is 20.9. The normalized spacial score (nSPS) is 26.2. The summed E-state index contributed by atoms with van der Waals surface area (Å²) in [5, 5.41) is 12.2. The number of alkyl halides is 2. The molecule has 7 nitrogen and oxygen atoms in total. The lowest BCUT2D eigenvalue weighted by Crippen LogP contribution is -2.52. The summed E-state index contributed by atoms with van der Waals surface area (Å²) < 4.78 is 56.4. The Balaban J connectivity index is 1.70. The molecular weight excluding hydrogens is 394 g/mol. The van der Waals surface area contributed by atoms with Crippen molar-refractivity contribution >= 4 is 15.9 Å². The molecule has 1 aromatic rings. The molecule has 10 heteroatoms. The van der Waals surface area contributed by atoms with Crippen molar-refractivity contribution in [2.45, 2.75) is 74.8 Å². The van der Waals surface area contributed by atoms with Gasteiger partial charge in [-0.05, 0) is 56.9 Å². The first-order valence-corrected chi connectivity index (χ1v) is 10.7. The Kier molecular flexibility index (Phi) is 6.21. The maximum absolute atomic E-state index is 13.1. The third-order valence-corrected chi connectivity index (χ3v) is 7.16. The van der Waals surface area contributed by atoms with E-state index in [1.807, 2.05) is 0 Å². The van der Waals surface area contributed by atoms with Crippen molar-refractivity contribution in [2.24, 2.45) is 0 Å². The fourth-order valence-electron chi connectivity index (χ4n) is 4.11. The van der Waals surface area contributed by atoms with Gasteiger partial charge < -0.3 is 15.2 Å². The number of ether oxygens (including phenoxy) is 1. The van der Waals surface area contributed by atoms with E-state index in [1.54, 1.807) is 0 Å². The van der Waals surface area contributed by atoms with Gasteiger partial charge in [0.15, 0.2) is 0 Å². The van der Waals surface area contributed by atoms with Crippen LogP contribution in [0.25, 0.3) is 0 Å². The molecular formula is C18H24F2N2O5S. The van der Waals surface area contributed by atoms with Crippen molar-refractivity contribution in [1.82, 2.24) is 9.62 Å². The number of carbonyl (C=O) groups excluding carboxylic acids is 1. The Morgan fingerprint density at radius 3 is 2.32 bits per heavy atom. The van der Waals surface area contributed by atoms with E-state index in [4.69, 9.17) is 0 Å². The summed E-state index contributed by atoms with van der Waals surface area (Å²) in [4.78, 5) is 11.9. The largest absolute Gasteiger partial charge is 0.435 e. The molecule has 0 radical (unpaired) electrons. The summed E-state index contributed by atoms with van der Waals surface area (Å²) >= 11 is 0. The van der Waals surface area contributed by atoms with Gasteiger partial charge in [0.1, 0.15) is 5.75 Å². The number of piperidine rings is 1. The topological polar surface area (TPSA) is 95.9 Å². The molecule has 2 heterocycles. The van der Waals surface area contributed by atoms with Crippen LogP contribution in [0.4, 0.5) is 8.78 Å². The van der Waals surface area contributed by atoms with Crippen LogP contribution in [0.5, 0.6) is 5.75 Å². The Morgan fingerprint density at radius 1 is 1.25 bits per heavy atom. The van der Waals surface area contributed by atoms with Crippen LogP contribution in [0.15, 0.2) is 29.2 Å². The second kappa shape index (κ2) is 8.30. The molecule has 2 saturated heterocycles. The molecule has 0 aliphatic carbocycles. The fourth-order valence-corrected chi connectivity index (χ4v) is 6.01. The van der Waals surface area contributed by atoms with E-state index < -0.39 is 22.7 Å². The average molecular weight is 418 g/mol. The highest BCUT2D eigenvalue weighted by Crippen LogP contribution is 2.40. The number of hydrogen-bond acceptors (Lipinski definition) is 5. The number of amides is 1. The number of hydrogen-bond donors (Lipinski definition) is 2. The summed E-state index contributed by atoms with van der Waals surface area (Å²) in [7, 11) is -3.78. The third kappa shape index (κ3) is 4.61. The number of sulfonamides is 1.